The topological polar surface area (TPSA) is 55.1 Å². The molecule has 0 spiro atoms. The summed E-state index contributed by atoms with van der Waals surface area (Å²) in [7, 11) is 0. The summed E-state index contributed by atoms with van der Waals surface area (Å²) in [6, 6.07) is 9.67. The number of amides is 1. The van der Waals surface area contributed by atoms with E-state index in [0.29, 0.717) is 0 Å². The van der Waals surface area contributed by atoms with Gasteiger partial charge in [-0.2, -0.15) is 0 Å². The normalized spacial score (nSPS) is 12.6. The predicted molar refractivity (Wildman–Crippen MR) is 56.4 cm³/mol. The van der Waals surface area contributed by atoms with Gasteiger partial charge in [0.25, 0.3) is 0 Å². The number of nitrogens with two attached hydrogens (primary N) is 1. The quantitative estimate of drug-likeness (QED) is 0.432. The van der Waals surface area contributed by atoms with Gasteiger partial charge in [0.2, 0.25) is 5.91 Å². The Balaban J connectivity index is 2.95. The summed E-state index contributed by atoms with van der Waals surface area (Å²) in [6.45, 7) is 4.01. The number of hydrogen-bond donors (Lipinski definition) is 2. The molecule has 0 bridgehead atoms. The van der Waals surface area contributed by atoms with Crippen molar-refractivity contribution in [3.05, 3.63) is 35.9 Å². The van der Waals surface area contributed by atoms with Crippen molar-refractivity contribution in [1.82, 2.24) is 5.43 Å². The molecule has 1 aromatic rings. The summed E-state index contributed by atoms with van der Waals surface area (Å²) in [5, 5.41) is 0. The molecule has 0 aromatic heterocycles. The third kappa shape index (κ3) is 2.33. The van der Waals surface area contributed by atoms with Gasteiger partial charge in [-0.25, -0.2) is 5.84 Å². The number of carbonyl (C=O) groups excluding carboxylic acids is 1. The van der Waals surface area contributed by atoms with Crippen molar-refractivity contribution in [3.63, 3.8) is 0 Å². The molecule has 1 rings (SSSR count). The average Bonchev–Trinajstić information content (AvgIpc) is 2.19. The van der Waals surface area contributed by atoms with Crippen LogP contribution in [0.3, 0.4) is 0 Å². The molecule has 3 N–H and O–H groups in total. The highest BCUT2D eigenvalue weighted by atomic mass is 16.2. The fourth-order valence-corrected chi connectivity index (χ4v) is 1.59. The van der Waals surface area contributed by atoms with Crippen LogP contribution in [0, 0.1) is 5.92 Å². The minimum absolute atomic E-state index is 0.133. The lowest BCUT2D eigenvalue weighted by Gasteiger charge is -2.19. The second-order valence-electron chi connectivity index (χ2n) is 3.64. The molecule has 0 aliphatic rings. The minimum Gasteiger partial charge on any atom is -0.294 e. The van der Waals surface area contributed by atoms with Crippen LogP contribution in [0.2, 0.25) is 0 Å². The minimum atomic E-state index is -0.166. The van der Waals surface area contributed by atoms with Crippen molar-refractivity contribution >= 4 is 5.91 Å². The van der Waals surface area contributed by atoms with E-state index in [4.69, 9.17) is 5.84 Å². The van der Waals surface area contributed by atoms with Crippen molar-refractivity contribution < 1.29 is 4.79 Å². The van der Waals surface area contributed by atoms with E-state index in [1.165, 1.54) is 0 Å². The van der Waals surface area contributed by atoms with Crippen LogP contribution in [-0.2, 0) is 4.79 Å². The monoisotopic (exact) mass is 192 g/mol. The second-order valence-corrected chi connectivity index (χ2v) is 3.64. The molecule has 0 fully saturated rings. The highest BCUT2D eigenvalue weighted by Gasteiger charge is 2.22. The van der Waals surface area contributed by atoms with Gasteiger partial charge in [-0.05, 0) is 11.5 Å². The van der Waals surface area contributed by atoms with Crippen LogP contribution in [0.25, 0.3) is 0 Å². The summed E-state index contributed by atoms with van der Waals surface area (Å²) in [6.07, 6.45) is 0. The second kappa shape index (κ2) is 4.77. The van der Waals surface area contributed by atoms with Crippen molar-refractivity contribution in [3.8, 4) is 0 Å². The molecular weight excluding hydrogens is 176 g/mol. The summed E-state index contributed by atoms with van der Waals surface area (Å²) in [5.41, 5.74) is 3.21. The first-order valence-electron chi connectivity index (χ1n) is 4.72. The molecule has 1 aromatic carbocycles. The molecule has 3 nitrogen and oxygen atoms in total. The van der Waals surface area contributed by atoms with Crippen LogP contribution in [-0.4, -0.2) is 5.91 Å². The van der Waals surface area contributed by atoms with E-state index in [1.54, 1.807) is 0 Å². The Kier molecular flexibility index (Phi) is 3.65. The summed E-state index contributed by atoms with van der Waals surface area (Å²) in [4.78, 5) is 11.5. The fraction of sp³-hybridized carbons (Fsp3) is 0.364. The maximum absolute atomic E-state index is 11.5. The predicted octanol–water partition coefficient (Wildman–Crippen LogP) is 1.42. The van der Waals surface area contributed by atoms with E-state index in [9.17, 15) is 4.79 Å². The third-order valence-corrected chi connectivity index (χ3v) is 2.25. The van der Waals surface area contributed by atoms with Crippen molar-refractivity contribution in [2.75, 3.05) is 0 Å². The van der Waals surface area contributed by atoms with Gasteiger partial charge in [0.1, 0.15) is 0 Å². The van der Waals surface area contributed by atoms with Gasteiger partial charge in [-0.15, -0.1) is 0 Å². The van der Waals surface area contributed by atoms with E-state index >= 15 is 0 Å². The van der Waals surface area contributed by atoms with Gasteiger partial charge >= 0.3 is 0 Å². The number of benzene rings is 1. The molecule has 1 unspecified atom stereocenters. The number of rotatable bonds is 3. The average molecular weight is 192 g/mol. The van der Waals surface area contributed by atoms with E-state index in [2.05, 4.69) is 5.43 Å². The standard InChI is InChI=1S/C11H16N2O/c1-8(2)10(11(14)13-12)9-6-4-3-5-7-9/h3-8,10H,12H2,1-2H3,(H,13,14). The third-order valence-electron chi connectivity index (χ3n) is 2.25. The highest BCUT2D eigenvalue weighted by Crippen LogP contribution is 2.23. The zero-order chi connectivity index (χ0) is 10.6. The van der Waals surface area contributed by atoms with Crippen LogP contribution in [0.1, 0.15) is 25.3 Å². The van der Waals surface area contributed by atoms with E-state index < -0.39 is 0 Å². The Morgan fingerprint density at radius 2 is 1.86 bits per heavy atom. The van der Waals surface area contributed by atoms with Crippen molar-refractivity contribution in [2.45, 2.75) is 19.8 Å². The molecule has 0 heterocycles. The first-order valence-corrected chi connectivity index (χ1v) is 4.72. The smallest absolute Gasteiger partial charge is 0.241 e. The molecule has 1 atom stereocenters. The van der Waals surface area contributed by atoms with Gasteiger partial charge in [-0.1, -0.05) is 44.2 Å². The number of carbonyl (C=O) groups is 1. The summed E-state index contributed by atoms with van der Waals surface area (Å²) >= 11 is 0. The molecule has 0 saturated carbocycles. The number of nitrogens with one attached hydrogen (secondary N) is 1. The maximum atomic E-state index is 11.5. The van der Waals surface area contributed by atoms with E-state index in [0.717, 1.165) is 5.56 Å². The molecule has 0 saturated heterocycles. The van der Waals surface area contributed by atoms with Crippen LogP contribution in [0.5, 0.6) is 0 Å². The Labute approximate surface area is 84.3 Å². The van der Waals surface area contributed by atoms with Crippen molar-refractivity contribution in [1.29, 1.82) is 0 Å². The molecule has 3 heteroatoms. The van der Waals surface area contributed by atoms with E-state index in [-0.39, 0.29) is 17.7 Å². The Morgan fingerprint density at radius 3 is 2.29 bits per heavy atom. The summed E-state index contributed by atoms with van der Waals surface area (Å²) < 4.78 is 0. The fourth-order valence-electron chi connectivity index (χ4n) is 1.59. The molecule has 14 heavy (non-hydrogen) atoms. The lowest BCUT2D eigenvalue weighted by Crippen LogP contribution is -2.36. The van der Waals surface area contributed by atoms with Crippen LogP contribution in [0.4, 0.5) is 0 Å². The zero-order valence-electron chi connectivity index (χ0n) is 8.53. The summed E-state index contributed by atoms with van der Waals surface area (Å²) in [5.74, 6) is 5.09. The van der Waals surface area contributed by atoms with Gasteiger partial charge in [-0.3, -0.25) is 10.2 Å². The van der Waals surface area contributed by atoms with Gasteiger partial charge < -0.3 is 0 Å². The molecule has 0 aliphatic heterocycles. The molecule has 0 aliphatic carbocycles. The molecule has 1 amide bonds. The largest absolute Gasteiger partial charge is 0.294 e. The molecule has 0 radical (unpaired) electrons. The molecular formula is C11H16N2O. The van der Waals surface area contributed by atoms with Gasteiger partial charge in [0, 0.05) is 0 Å². The number of hydrazine groups is 1. The van der Waals surface area contributed by atoms with Gasteiger partial charge in [0.15, 0.2) is 0 Å². The van der Waals surface area contributed by atoms with Crippen LogP contribution in [0.15, 0.2) is 30.3 Å². The van der Waals surface area contributed by atoms with Gasteiger partial charge in [0.05, 0.1) is 5.92 Å². The van der Waals surface area contributed by atoms with E-state index in [1.807, 2.05) is 44.2 Å². The molecule has 76 valence electrons. The first-order chi connectivity index (χ1) is 6.66. The maximum Gasteiger partial charge on any atom is 0.241 e. The highest BCUT2D eigenvalue weighted by molar-refractivity contribution is 5.83. The van der Waals surface area contributed by atoms with Crippen LogP contribution < -0.4 is 11.3 Å². The Hall–Kier alpha value is -1.35. The SMILES string of the molecule is CC(C)C(C(=O)NN)c1ccccc1. The van der Waals surface area contributed by atoms with Crippen molar-refractivity contribution in [2.24, 2.45) is 11.8 Å². The lowest BCUT2D eigenvalue weighted by atomic mass is 9.88. The Morgan fingerprint density at radius 1 is 1.29 bits per heavy atom. The lowest BCUT2D eigenvalue weighted by molar-refractivity contribution is -0.123. The number of hydrogen-bond acceptors (Lipinski definition) is 2. The Bertz CT molecular complexity index is 295. The zero-order valence-corrected chi connectivity index (χ0v) is 8.53. The first kappa shape index (κ1) is 10.7. The van der Waals surface area contributed by atoms with Crippen LogP contribution >= 0.6 is 0 Å².